The number of hydrogen-bond donors (Lipinski definition) is 1. The SMILES string of the molecule is CCCNC(COC(C)(C)C)c1cccc2cnccc12. The number of hydrogen-bond acceptors (Lipinski definition) is 3. The zero-order chi connectivity index (χ0) is 15.3. The van der Waals surface area contributed by atoms with Crippen molar-refractivity contribution in [2.45, 2.75) is 45.8 Å². The maximum atomic E-state index is 6.01. The molecule has 0 saturated heterocycles. The molecule has 1 N–H and O–H groups in total. The zero-order valence-corrected chi connectivity index (χ0v) is 13.5. The molecule has 3 heteroatoms. The third kappa shape index (κ3) is 4.51. The van der Waals surface area contributed by atoms with Gasteiger partial charge in [0.25, 0.3) is 0 Å². The van der Waals surface area contributed by atoms with Crippen molar-refractivity contribution in [1.82, 2.24) is 10.3 Å². The summed E-state index contributed by atoms with van der Waals surface area (Å²) in [6.07, 6.45) is 4.88. The topological polar surface area (TPSA) is 34.1 Å². The van der Waals surface area contributed by atoms with Crippen molar-refractivity contribution in [2.24, 2.45) is 0 Å². The van der Waals surface area contributed by atoms with E-state index in [1.165, 1.54) is 16.3 Å². The lowest BCUT2D eigenvalue weighted by molar-refractivity contribution is -0.0146. The van der Waals surface area contributed by atoms with Crippen LogP contribution >= 0.6 is 0 Å². The van der Waals surface area contributed by atoms with Gasteiger partial charge in [0.2, 0.25) is 0 Å². The minimum absolute atomic E-state index is 0.127. The van der Waals surface area contributed by atoms with E-state index in [0.717, 1.165) is 13.0 Å². The van der Waals surface area contributed by atoms with Gasteiger partial charge in [0.15, 0.2) is 0 Å². The van der Waals surface area contributed by atoms with E-state index in [1.54, 1.807) is 0 Å². The molecule has 0 radical (unpaired) electrons. The molecule has 2 rings (SSSR count). The summed E-state index contributed by atoms with van der Waals surface area (Å²) in [6, 6.07) is 8.67. The summed E-state index contributed by atoms with van der Waals surface area (Å²) in [7, 11) is 0. The summed E-state index contributed by atoms with van der Waals surface area (Å²) in [5.41, 5.74) is 1.16. The number of aromatic nitrogens is 1. The Morgan fingerprint density at radius 1 is 1.24 bits per heavy atom. The lowest BCUT2D eigenvalue weighted by Gasteiger charge is -2.26. The average molecular weight is 286 g/mol. The van der Waals surface area contributed by atoms with Crippen LogP contribution in [0.3, 0.4) is 0 Å². The first-order valence-corrected chi connectivity index (χ1v) is 7.71. The Kier molecular flexibility index (Phi) is 5.32. The molecule has 1 aromatic heterocycles. The van der Waals surface area contributed by atoms with E-state index in [1.807, 2.05) is 12.4 Å². The molecule has 1 unspecified atom stereocenters. The molecular formula is C18H26N2O. The first-order valence-electron chi connectivity index (χ1n) is 7.71. The summed E-state index contributed by atoms with van der Waals surface area (Å²) in [5, 5.41) is 6.03. The van der Waals surface area contributed by atoms with E-state index in [4.69, 9.17) is 4.74 Å². The van der Waals surface area contributed by atoms with Gasteiger partial charge in [-0.3, -0.25) is 4.98 Å². The molecule has 0 bridgehead atoms. The van der Waals surface area contributed by atoms with Crippen molar-refractivity contribution in [2.75, 3.05) is 13.2 Å². The molecule has 0 aliphatic rings. The summed E-state index contributed by atoms with van der Waals surface area (Å²) in [4.78, 5) is 4.21. The van der Waals surface area contributed by atoms with Gasteiger partial charge in [0.1, 0.15) is 0 Å². The second-order valence-corrected chi connectivity index (χ2v) is 6.37. The molecule has 0 fully saturated rings. The fourth-order valence-electron chi connectivity index (χ4n) is 2.36. The fraction of sp³-hybridized carbons (Fsp3) is 0.500. The maximum absolute atomic E-state index is 6.01. The molecule has 0 saturated carbocycles. The van der Waals surface area contributed by atoms with Crippen molar-refractivity contribution in [3.05, 3.63) is 42.2 Å². The van der Waals surface area contributed by atoms with Crippen LogP contribution in [0.15, 0.2) is 36.7 Å². The highest BCUT2D eigenvalue weighted by molar-refractivity contribution is 5.85. The van der Waals surface area contributed by atoms with E-state index in [9.17, 15) is 0 Å². The summed E-state index contributed by atoms with van der Waals surface area (Å²) in [5.74, 6) is 0. The van der Waals surface area contributed by atoms with Gasteiger partial charge in [-0.2, -0.15) is 0 Å². The van der Waals surface area contributed by atoms with Gasteiger partial charge >= 0.3 is 0 Å². The number of rotatable bonds is 6. The quantitative estimate of drug-likeness (QED) is 0.868. The molecule has 0 aliphatic carbocycles. The predicted molar refractivity (Wildman–Crippen MR) is 88.5 cm³/mol. The third-order valence-corrected chi connectivity index (χ3v) is 3.41. The van der Waals surface area contributed by atoms with Gasteiger partial charge in [0, 0.05) is 17.8 Å². The number of nitrogens with zero attached hydrogens (tertiary/aromatic N) is 1. The lowest BCUT2D eigenvalue weighted by Crippen LogP contribution is -2.31. The van der Waals surface area contributed by atoms with Crippen LogP contribution in [0.1, 0.15) is 45.7 Å². The van der Waals surface area contributed by atoms with Gasteiger partial charge < -0.3 is 10.1 Å². The number of pyridine rings is 1. The van der Waals surface area contributed by atoms with Crippen molar-refractivity contribution in [3.63, 3.8) is 0 Å². The highest BCUT2D eigenvalue weighted by atomic mass is 16.5. The van der Waals surface area contributed by atoms with Gasteiger partial charge in [-0.15, -0.1) is 0 Å². The van der Waals surface area contributed by atoms with E-state index in [0.29, 0.717) is 6.61 Å². The second kappa shape index (κ2) is 7.01. The third-order valence-electron chi connectivity index (χ3n) is 3.41. The van der Waals surface area contributed by atoms with Crippen molar-refractivity contribution >= 4 is 10.8 Å². The van der Waals surface area contributed by atoms with Crippen molar-refractivity contribution < 1.29 is 4.74 Å². The number of ether oxygens (including phenoxy) is 1. The molecule has 1 heterocycles. The van der Waals surface area contributed by atoms with Crippen LogP contribution in [-0.4, -0.2) is 23.7 Å². The first-order chi connectivity index (χ1) is 10.0. The molecule has 114 valence electrons. The molecule has 0 aliphatic heterocycles. The number of nitrogens with one attached hydrogen (secondary N) is 1. The Hall–Kier alpha value is -1.45. The minimum Gasteiger partial charge on any atom is -0.374 e. The molecule has 1 aromatic carbocycles. The summed E-state index contributed by atoms with van der Waals surface area (Å²) >= 11 is 0. The molecule has 3 nitrogen and oxygen atoms in total. The summed E-state index contributed by atoms with van der Waals surface area (Å²) < 4.78 is 6.01. The molecule has 2 aromatic rings. The zero-order valence-electron chi connectivity index (χ0n) is 13.5. The fourth-order valence-corrected chi connectivity index (χ4v) is 2.36. The lowest BCUT2D eigenvalue weighted by atomic mass is 10.00. The van der Waals surface area contributed by atoms with Crippen LogP contribution in [0.4, 0.5) is 0 Å². The van der Waals surface area contributed by atoms with Crippen LogP contribution in [-0.2, 0) is 4.74 Å². The van der Waals surface area contributed by atoms with Crippen molar-refractivity contribution in [1.29, 1.82) is 0 Å². The van der Waals surface area contributed by atoms with Crippen LogP contribution in [0, 0.1) is 0 Å². The average Bonchev–Trinajstić information content (AvgIpc) is 2.46. The van der Waals surface area contributed by atoms with E-state index in [2.05, 4.69) is 62.3 Å². The summed E-state index contributed by atoms with van der Waals surface area (Å²) in [6.45, 7) is 10.1. The van der Waals surface area contributed by atoms with Gasteiger partial charge in [-0.25, -0.2) is 0 Å². The van der Waals surface area contributed by atoms with E-state index < -0.39 is 0 Å². The molecule has 21 heavy (non-hydrogen) atoms. The Bertz CT molecular complexity index is 569. The van der Waals surface area contributed by atoms with Gasteiger partial charge in [-0.1, -0.05) is 25.1 Å². The highest BCUT2D eigenvalue weighted by Crippen LogP contribution is 2.25. The van der Waals surface area contributed by atoms with Crippen molar-refractivity contribution in [3.8, 4) is 0 Å². The standard InChI is InChI=1S/C18H26N2O/c1-5-10-20-17(13-21-18(2,3)4)16-8-6-7-14-12-19-11-9-15(14)16/h6-9,11-12,17,20H,5,10,13H2,1-4H3. The Morgan fingerprint density at radius 2 is 2.05 bits per heavy atom. The smallest absolute Gasteiger partial charge is 0.0668 e. The van der Waals surface area contributed by atoms with E-state index >= 15 is 0 Å². The van der Waals surface area contributed by atoms with Crippen LogP contribution < -0.4 is 5.32 Å². The predicted octanol–water partition coefficient (Wildman–Crippen LogP) is 4.09. The van der Waals surface area contributed by atoms with E-state index in [-0.39, 0.29) is 11.6 Å². The molecule has 0 amide bonds. The maximum Gasteiger partial charge on any atom is 0.0668 e. The molecule has 0 spiro atoms. The number of fused-ring (bicyclic) bond motifs is 1. The normalized spacial score (nSPS) is 13.5. The van der Waals surface area contributed by atoms with Crippen LogP contribution in [0.2, 0.25) is 0 Å². The van der Waals surface area contributed by atoms with Gasteiger partial charge in [0.05, 0.1) is 18.2 Å². The Labute approximate surface area is 127 Å². The van der Waals surface area contributed by atoms with Gasteiger partial charge in [-0.05, 0) is 50.8 Å². The van der Waals surface area contributed by atoms with Crippen LogP contribution in [0.5, 0.6) is 0 Å². The van der Waals surface area contributed by atoms with Crippen LogP contribution in [0.25, 0.3) is 10.8 Å². The second-order valence-electron chi connectivity index (χ2n) is 6.37. The monoisotopic (exact) mass is 286 g/mol. The minimum atomic E-state index is -0.127. The Balaban J connectivity index is 2.29. The highest BCUT2D eigenvalue weighted by Gasteiger charge is 2.18. The Morgan fingerprint density at radius 3 is 2.76 bits per heavy atom. The first kappa shape index (κ1) is 15.9. The largest absolute Gasteiger partial charge is 0.374 e. The molecular weight excluding hydrogens is 260 g/mol. The molecule has 1 atom stereocenters. The number of benzene rings is 1.